The van der Waals surface area contributed by atoms with Crippen LogP contribution in [0.15, 0.2) is 66.9 Å². The third-order valence-corrected chi connectivity index (χ3v) is 8.83. The second-order valence-electron chi connectivity index (χ2n) is 9.83. The predicted molar refractivity (Wildman–Crippen MR) is 152 cm³/mol. The highest BCUT2D eigenvalue weighted by Crippen LogP contribution is 2.44. The first-order chi connectivity index (χ1) is 19.1. The van der Waals surface area contributed by atoms with Crippen molar-refractivity contribution in [3.63, 3.8) is 0 Å². The molecular weight excluding hydrogens is 510 g/mol. The Hall–Kier alpha value is -4.04. The summed E-state index contributed by atoms with van der Waals surface area (Å²) in [5, 5.41) is 4.28. The Labute approximate surface area is 232 Å². The van der Waals surface area contributed by atoms with Crippen LogP contribution in [-0.4, -0.2) is 35.2 Å². The van der Waals surface area contributed by atoms with Crippen LogP contribution >= 0.6 is 11.3 Å². The molecule has 2 aromatic heterocycles. The van der Waals surface area contributed by atoms with E-state index >= 15 is 0 Å². The van der Waals surface area contributed by atoms with Crippen LogP contribution < -0.4 is 10.1 Å². The van der Waals surface area contributed by atoms with Gasteiger partial charge in [-0.2, -0.15) is 0 Å². The van der Waals surface area contributed by atoms with Gasteiger partial charge in [0.05, 0.1) is 37.6 Å². The Kier molecular flexibility index (Phi) is 6.87. The quantitative estimate of drug-likeness (QED) is 0.284. The summed E-state index contributed by atoms with van der Waals surface area (Å²) in [5.41, 5.74) is 5.62. The van der Waals surface area contributed by atoms with Gasteiger partial charge in [-0.15, -0.1) is 11.3 Å². The molecule has 2 aromatic carbocycles. The summed E-state index contributed by atoms with van der Waals surface area (Å²) >= 11 is 1.86. The van der Waals surface area contributed by atoms with E-state index in [1.807, 2.05) is 40.5 Å². The average Bonchev–Trinajstić information content (AvgIpc) is 3.55. The molecule has 0 unspecified atom stereocenters. The summed E-state index contributed by atoms with van der Waals surface area (Å²) in [6.45, 7) is 2.55. The fourth-order valence-corrected chi connectivity index (χ4v) is 7.06. The third kappa shape index (κ3) is 4.69. The Morgan fingerprint density at radius 1 is 1.03 bits per heavy atom. The SMILES string of the molecule is CCOC(=O)c1cccc(NC(=O)N2Cc3c(sc4c3CCCC4)-n3cccc3[C@@H]2c2ccc(OC)cc2)c1. The summed E-state index contributed by atoms with van der Waals surface area (Å²) in [7, 11) is 1.65. The second-order valence-corrected chi connectivity index (χ2v) is 10.9. The van der Waals surface area contributed by atoms with Crippen molar-refractivity contribution < 1.29 is 19.1 Å². The molecule has 7 nitrogen and oxygen atoms in total. The van der Waals surface area contributed by atoms with Crippen molar-refractivity contribution in [1.29, 1.82) is 0 Å². The normalized spacial score (nSPS) is 15.9. The number of fused-ring (bicyclic) bond motifs is 5. The van der Waals surface area contributed by atoms with Crippen molar-refractivity contribution in [2.75, 3.05) is 19.0 Å². The first kappa shape index (κ1) is 25.2. The van der Waals surface area contributed by atoms with Gasteiger partial charge in [0.15, 0.2) is 0 Å². The number of rotatable bonds is 5. The maximum Gasteiger partial charge on any atom is 0.338 e. The number of methoxy groups -OCH3 is 1. The largest absolute Gasteiger partial charge is 0.497 e. The van der Waals surface area contributed by atoms with Crippen molar-refractivity contribution in [3.8, 4) is 10.8 Å². The van der Waals surface area contributed by atoms with Crippen molar-refractivity contribution in [2.24, 2.45) is 0 Å². The van der Waals surface area contributed by atoms with Gasteiger partial charge in [0.1, 0.15) is 10.8 Å². The lowest BCUT2D eigenvalue weighted by atomic mass is 9.95. The molecule has 0 fully saturated rings. The average molecular weight is 542 g/mol. The summed E-state index contributed by atoms with van der Waals surface area (Å²) < 4.78 is 12.8. The number of anilines is 1. The summed E-state index contributed by atoms with van der Waals surface area (Å²) in [6.07, 6.45) is 6.63. The van der Waals surface area contributed by atoms with Crippen LogP contribution in [0, 0.1) is 0 Å². The van der Waals surface area contributed by atoms with Crippen LogP contribution in [0.5, 0.6) is 5.75 Å². The zero-order valence-electron chi connectivity index (χ0n) is 22.1. The van der Waals surface area contributed by atoms with E-state index in [0.29, 0.717) is 24.4 Å². The maximum atomic E-state index is 14.1. The topological polar surface area (TPSA) is 72.8 Å². The van der Waals surface area contributed by atoms with Gasteiger partial charge in [-0.1, -0.05) is 18.2 Å². The lowest BCUT2D eigenvalue weighted by molar-refractivity contribution is 0.0526. The van der Waals surface area contributed by atoms with E-state index < -0.39 is 5.97 Å². The summed E-state index contributed by atoms with van der Waals surface area (Å²) in [5.74, 6) is 0.356. The highest BCUT2D eigenvalue weighted by atomic mass is 32.1. The molecule has 1 N–H and O–H groups in total. The van der Waals surface area contributed by atoms with E-state index in [1.165, 1.54) is 33.8 Å². The molecule has 6 rings (SSSR count). The minimum Gasteiger partial charge on any atom is -0.497 e. The van der Waals surface area contributed by atoms with Gasteiger partial charge in [0.25, 0.3) is 0 Å². The molecule has 0 saturated heterocycles. The Morgan fingerprint density at radius 2 is 1.85 bits per heavy atom. The van der Waals surface area contributed by atoms with Crippen molar-refractivity contribution in [3.05, 3.63) is 99.7 Å². The monoisotopic (exact) mass is 541 g/mol. The first-order valence-electron chi connectivity index (χ1n) is 13.4. The smallest absolute Gasteiger partial charge is 0.338 e. The van der Waals surface area contributed by atoms with Crippen molar-refractivity contribution in [2.45, 2.75) is 45.2 Å². The van der Waals surface area contributed by atoms with E-state index in [2.05, 4.69) is 28.2 Å². The molecule has 1 aliphatic heterocycles. The van der Waals surface area contributed by atoms with Gasteiger partial charge in [-0.05, 0) is 86.2 Å². The molecule has 8 heteroatoms. The number of amides is 2. The van der Waals surface area contributed by atoms with Gasteiger partial charge in [-0.3, -0.25) is 0 Å². The van der Waals surface area contributed by atoms with E-state index in [1.54, 1.807) is 38.3 Å². The number of hydrogen-bond donors (Lipinski definition) is 1. The molecular formula is C31H31N3O4S. The van der Waals surface area contributed by atoms with Crippen LogP contribution in [0.1, 0.15) is 63.4 Å². The zero-order valence-corrected chi connectivity index (χ0v) is 22.9. The second kappa shape index (κ2) is 10.6. The predicted octanol–water partition coefficient (Wildman–Crippen LogP) is 6.74. The minimum absolute atomic E-state index is 0.229. The van der Waals surface area contributed by atoms with Crippen molar-refractivity contribution in [1.82, 2.24) is 9.47 Å². The highest BCUT2D eigenvalue weighted by Gasteiger charge is 2.36. The molecule has 1 atom stereocenters. The van der Waals surface area contributed by atoms with Crippen molar-refractivity contribution >= 4 is 29.0 Å². The lowest BCUT2D eigenvalue weighted by Crippen LogP contribution is -2.38. The van der Waals surface area contributed by atoms with Crippen LogP contribution in [0.2, 0.25) is 0 Å². The molecule has 39 heavy (non-hydrogen) atoms. The van der Waals surface area contributed by atoms with E-state index in [4.69, 9.17) is 9.47 Å². The molecule has 3 heterocycles. The number of carbonyl (C=O) groups is 2. The van der Waals surface area contributed by atoms with Gasteiger partial charge in [0.2, 0.25) is 0 Å². The van der Waals surface area contributed by atoms with Gasteiger partial charge >= 0.3 is 12.0 Å². The molecule has 1 aliphatic carbocycles. The third-order valence-electron chi connectivity index (χ3n) is 7.50. The number of hydrogen-bond acceptors (Lipinski definition) is 5. The molecule has 2 aliphatic rings. The molecule has 0 saturated carbocycles. The molecule has 4 aromatic rings. The first-order valence-corrected chi connectivity index (χ1v) is 14.2. The van der Waals surface area contributed by atoms with E-state index in [0.717, 1.165) is 29.8 Å². The number of ether oxygens (including phenoxy) is 2. The molecule has 2 amide bonds. The number of carbonyl (C=O) groups excluding carboxylic acids is 2. The van der Waals surface area contributed by atoms with Gasteiger partial charge in [-0.25, -0.2) is 9.59 Å². The fourth-order valence-electron chi connectivity index (χ4n) is 5.66. The van der Waals surface area contributed by atoms with E-state index in [9.17, 15) is 9.59 Å². The molecule has 0 spiro atoms. The summed E-state index contributed by atoms with van der Waals surface area (Å²) in [4.78, 5) is 29.8. The standard InChI is InChI=1S/C31H31N3O4S/c1-3-38-30(35)21-8-6-9-22(18-21)32-31(36)34-19-25-24-10-4-5-12-27(24)39-29(25)33-17-7-11-26(33)28(34)20-13-15-23(37-2)16-14-20/h6-9,11,13-18,28H,3-5,10,12,19H2,1-2H3,(H,32,36)/t28-/m0/s1. The number of benzene rings is 2. The Balaban J connectivity index is 1.43. The number of esters is 1. The molecule has 0 radical (unpaired) electrons. The van der Waals surface area contributed by atoms with Gasteiger partial charge in [0, 0.05) is 22.3 Å². The summed E-state index contributed by atoms with van der Waals surface area (Å²) in [6, 6.07) is 18.4. The lowest BCUT2D eigenvalue weighted by Gasteiger charge is -2.31. The number of aryl methyl sites for hydroxylation is 1. The Bertz CT molecular complexity index is 1520. The molecule has 200 valence electrons. The number of thiophene rings is 1. The number of nitrogens with one attached hydrogen (secondary N) is 1. The number of aromatic nitrogens is 1. The fraction of sp³-hybridized carbons (Fsp3) is 0.290. The van der Waals surface area contributed by atoms with E-state index in [-0.39, 0.29) is 12.1 Å². The van der Waals surface area contributed by atoms with Crippen LogP contribution in [0.4, 0.5) is 10.5 Å². The maximum absolute atomic E-state index is 14.1. The number of urea groups is 1. The Morgan fingerprint density at radius 3 is 2.64 bits per heavy atom. The van der Waals surface area contributed by atoms with Gasteiger partial charge < -0.3 is 24.3 Å². The number of nitrogens with zero attached hydrogens (tertiary/aromatic N) is 2. The van der Waals surface area contributed by atoms with Crippen LogP contribution in [0.3, 0.4) is 0 Å². The van der Waals surface area contributed by atoms with Crippen LogP contribution in [0.25, 0.3) is 5.00 Å². The zero-order chi connectivity index (χ0) is 26.9. The highest BCUT2D eigenvalue weighted by molar-refractivity contribution is 7.15. The molecule has 0 bridgehead atoms. The minimum atomic E-state index is -0.410. The van der Waals surface area contributed by atoms with Crippen LogP contribution in [-0.2, 0) is 24.1 Å².